The predicted molar refractivity (Wildman–Crippen MR) is 68.7 cm³/mol. The summed E-state index contributed by atoms with van der Waals surface area (Å²) in [5, 5.41) is 7.40. The van der Waals surface area contributed by atoms with E-state index in [1.54, 1.807) is 4.52 Å². The molecule has 0 spiro atoms. The second kappa shape index (κ2) is 4.53. The Labute approximate surface area is 111 Å². The summed E-state index contributed by atoms with van der Waals surface area (Å²) in [7, 11) is -3.32. The Morgan fingerprint density at radius 2 is 2.05 bits per heavy atom. The fourth-order valence-corrected chi connectivity index (χ4v) is 3.41. The molecule has 3 heterocycles. The van der Waals surface area contributed by atoms with Crippen LogP contribution in [0.1, 0.15) is 24.5 Å². The van der Waals surface area contributed by atoms with Crippen molar-refractivity contribution in [1.29, 1.82) is 0 Å². The van der Waals surface area contributed by atoms with Gasteiger partial charge in [0.15, 0.2) is 9.84 Å². The first-order valence-corrected chi connectivity index (χ1v) is 8.06. The van der Waals surface area contributed by atoms with Gasteiger partial charge in [-0.3, -0.25) is 0 Å². The summed E-state index contributed by atoms with van der Waals surface area (Å²) in [4.78, 5) is 8.35. The van der Waals surface area contributed by atoms with Crippen molar-refractivity contribution in [2.45, 2.75) is 23.7 Å². The molecule has 8 heteroatoms. The highest BCUT2D eigenvalue weighted by Gasteiger charge is 2.26. The lowest BCUT2D eigenvalue weighted by Crippen LogP contribution is -2.28. The van der Waals surface area contributed by atoms with Crippen LogP contribution in [0.2, 0.25) is 0 Å². The molecule has 1 aliphatic rings. The van der Waals surface area contributed by atoms with Crippen LogP contribution in [0.4, 0.5) is 0 Å². The van der Waals surface area contributed by atoms with E-state index in [0.717, 1.165) is 25.9 Å². The highest BCUT2D eigenvalue weighted by atomic mass is 32.2. The smallest absolute Gasteiger partial charge is 0.252 e. The van der Waals surface area contributed by atoms with Crippen molar-refractivity contribution in [1.82, 2.24) is 24.9 Å². The van der Waals surface area contributed by atoms with E-state index in [1.165, 1.54) is 18.8 Å². The van der Waals surface area contributed by atoms with Crippen molar-refractivity contribution < 1.29 is 8.42 Å². The van der Waals surface area contributed by atoms with Gasteiger partial charge in [-0.25, -0.2) is 13.4 Å². The van der Waals surface area contributed by atoms with Crippen LogP contribution >= 0.6 is 0 Å². The minimum absolute atomic E-state index is 0.165. The number of sulfone groups is 1. The Bertz CT molecular complexity index is 703. The second-order valence-corrected chi connectivity index (χ2v) is 6.76. The van der Waals surface area contributed by atoms with E-state index in [4.69, 9.17) is 0 Å². The molecule has 0 bridgehead atoms. The first-order valence-electron chi connectivity index (χ1n) is 6.17. The largest absolute Gasteiger partial charge is 0.317 e. The normalized spacial score (nSPS) is 17.9. The van der Waals surface area contributed by atoms with Crippen LogP contribution < -0.4 is 5.32 Å². The molecule has 3 rings (SSSR count). The van der Waals surface area contributed by atoms with E-state index in [-0.39, 0.29) is 10.8 Å². The van der Waals surface area contributed by atoms with Gasteiger partial charge in [-0.2, -0.15) is 14.6 Å². The molecule has 7 nitrogen and oxygen atoms in total. The standard InChI is InChI=1S/C11H15N5O2S/c1-19(17,18)9-6-13-11-14-7-15-16(11)10(9)8-2-4-12-5-3-8/h6-8,12H,2-5H2,1H3. The van der Waals surface area contributed by atoms with E-state index in [9.17, 15) is 8.42 Å². The summed E-state index contributed by atoms with van der Waals surface area (Å²) in [5.74, 6) is 0.610. The van der Waals surface area contributed by atoms with Gasteiger partial charge < -0.3 is 5.32 Å². The third-order valence-corrected chi connectivity index (χ3v) is 4.55. The lowest BCUT2D eigenvalue weighted by molar-refractivity contribution is 0.439. The van der Waals surface area contributed by atoms with Gasteiger partial charge in [0.05, 0.1) is 11.9 Å². The van der Waals surface area contributed by atoms with E-state index in [0.29, 0.717) is 11.5 Å². The van der Waals surface area contributed by atoms with Gasteiger partial charge in [-0.15, -0.1) is 0 Å². The summed E-state index contributed by atoms with van der Waals surface area (Å²) >= 11 is 0. The fourth-order valence-electron chi connectivity index (χ4n) is 2.54. The number of aromatic nitrogens is 4. The number of fused-ring (bicyclic) bond motifs is 1. The van der Waals surface area contributed by atoms with Crippen LogP contribution in [0.5, 0.6) is 0 Å². The van der Waals surface area contributed by atoms with Crippen LogP contribution in [0.25, 0.3) is 5.78 Å². The lowest BCUT2D eigenvalue weighted by atomic mass is 9.94. The summed E-state index contributed by atoms with van der Waals surface area (Å²) in [5.41, 5.74) is 0.714. The van der Waals surface area contributed by atoms with Gasteiger partial charge in [0.2, 0.25) is 0 Å². The average Bonchev–Trinajstić information content (AvgIpc) is 2.85. The van der Waals surface area contributed by atoms with Crippen molar-refractivity contribution in [3.05, 3.63) is 18.2 Å². The van der Waals surface area contributed by atoms with Crippen LogP contribution in [0, 0.1) is 0 Å². The molecule has 2 aromatic rings. The van der Waals surface area contributed by atoms with Crippen LogP contribution in [0.3, 0.4) is 0 Å². The van der Waals surface area contributed by atoms with Crippen LogP contribution in [-0.4, -0.2) is 47.3 Å². The van der Waals surface area contributed by atoms with Gasteiger partial charge in [0, 0.05) is 12.2 Å². The molecular formula is C11H15N5O2S. The quantitative estimate of drug-likeness (QED) is 0.833. The van der Waals surface area contributed by atoms with E-state index < -0.39 is 9.84 Å². The number of hydrogen-bond acceptors (Lipinski definition) is 6. The van der Waals surface area contributed by atoms with E-state index >= 15 is 0 Å². The molecule has 0 radical (unpaired) electrons. The number of nitrogens with zero attached hydrogens (tertiary/aromatic N) is 4. The Morgan fingerprint density at radius 1 is 1.32 bits per heavy atom. The molecule has 2 aromatic heterocycles. The molecule has 0 unspecified atom stereocenters. The van der Waals surface area contributed by atoms with Gasteiger partial charge in [-0.1, -0.05) is 0 Å². The zero-order valence-corrected chi connectivity index (χ0v) is 11.4. The zero-order chi connectivity index (χ0) is 13.5. The van der Waals surface area contributed by atoms with Gasteiger partial charge >= 0.3 is 0 Å². The molecule has 0 aromatic carbocycles. The molecule has 0 amide bonds. The molecule has 102 valence electrons. The second-order valence-electron chi connectivity index (χ2n) is 4.78. The monoisotopic (exact) mass is 281 g/mol. The molecule has 0 saturated carbocycles. The van der Waals surface area contributed by atoms with Crippen molar-refractivity contribution >= 4 is 15.6 Å². The van der Waals surface area contributed by atoms with Gasteiger partial charge in [-0.05, 0) is 25.9 Å². The maximum absolute atomic E-state index is 11.9. The number of rotatable bonds is 2. The summed E-state index contributed by atoms with van der Waals surface area (Å²) in [6, 6.07) is 0. The molecule has 1 fully saturated rings. The molecule has 0 atom stereocenters. The summed E-state index contributed by atoms with van der Waals surface area (Å²) < 4.78 is 25.5. The molecule has 19 heavy (non-hydrogen) atoms. The maximum Gasteiger partial charge on any atom is 0.252 e. The van der Waals surface area contributed by atoms with Crippen molar-refractivity contribution in [3.8, 4) is 0 Å². The van der Waals surface area contributed by atoms with E-state index in [2.05, 4.69) is 20.4 Å². The molecular weight excluding hydrogens is 266 g/mol. The molecule has 1 aliphatic heterocycles. The Morgan fingerprint density at radius 3 is 2.74 bits per heavy atom. The average molecular weight is 281 g/mol. The third kappa shape index (κ3) is 2.21. The minimum atomic E-state index is -3.32. The van der Waals surface area contributed by atoms with Crippen molar-refractivity contribution in [2.24, 2.45) is 0 Å². The third-order valence-electron chi connectivity index (χ3n) is 3.43. The van der Waals surface area contributed by atoms with Gasteiger partial charge in [0.25, 0.3) is 5.78 Å². The summed E-state index contributed by atoms with van der Waals surface area (Å²) in [6.07, 6.45) is 5.79. The van der Waals surface area contributed by atoms with Gasteiger partial charge in [0.1, 0.15) is 11.2 Å². The zero-order valence-electron chi connectivity index (χ0n) is 10.6. The topological polar surface area (TPSA) is 89.2 Å². The Hall–Kier alpha value is -1.54. The molecule has 0 aliphatic carbocycles. The highest BCUT2D eigenvalue weighted by molar-refractivity contribution is 7.90. The SMILES string of the molecule is CS(=O)(=O)c1cnc2ncnn2c1C1CCNCC1. The number of piperidine rings is 1. The maximum atomic E-state index is 11.9. The first kappa shape index (κ1) is 12.5. The summed E-state index contributed by atoms with van der Waals surface area (Å²) in [6.45, 7) is 1.76. The molecule has 1 saturated heterocycles. The lowest BCUT2D eigenvalue weighted by Gasteiger charge is -2.24. The van der Waals surface area contributed by atoms with Crippen molar-refractivity contribution in [2.75, 3.05) is 19.3 Å². The number of nitrogens with one attached hydrogen (secondary N) is 1. The highest BCUT2D eigenvalue weighted by Crippen LogP contribution is 2.29. The predicted octanol–water partition coefficient (Wildman–Crippen LogP) is -0.00520. The fraction of sp³-hybridized carbons (Fsp3) is 0.545. The number of hydrogen-bond donors (Lipinski definition) is 1. The first-order chi connectivity index (χ1) is 9.07. The Kier molecular flexibility index (Phi) is 2.98. The molecule has 1 N–H and O–H groups in total. The van der Waals surface area contributed by atoms with E-state index in [1.807, 2.05) is 0 Å². The van der Waals surface area contributed by atoms with Crippen molar-refractivity contribution in [3.63, 3.8) is 0 Å². The minimum Gasteiger partial charge on any atom is -0.317 e. The van der Waals surface area contributed by atoms with Crippen LogP contribution in [-0.2, 0) is 9.84 Å². The van der Waals surface area contributed by atoms with Crippen LogP contribution in [0.15, 0.2) is 17.4 Å². The Balaban J connectivity index is 2.25.